The van der Waals surface area contributed by atoms with Crippen LogP contribution < -0.4 is 4.74 Å². The average Bonchev–Trinajstić information content (AvgIpc) is 2.47. The first-order valence-electron chi connectivity index (χ1n) is 6.17. The van der Waals surface area contributed by atoms with Crippen LogP contribution in [0.4, 0.5) is 0 Å². The van der Waals surface area contributed by atoms with Gasteiger partial charge in [0.05, 0.1) is 6.61 Å². The third kappa shape index (κ3) is 2.81. The van der Waals surface area contributed by atoms with Crippen molar-refractivity contribution < 1.29 is 9.84 Å². The van der Waals surface area contributed by atoms with Gasteiger partial charge in [0.2, 0.25) is 5.88 Å². The molecule has 0 radical (unpaired) electrons. The van der Waals surface area contributed by atoms with Gasteiger partial charge in [-0.2, -0.15) is 0 Å². The van der Waals surface area contributed by atoms with Crippen molar-refractivity contribution in [1.29, 1.82) is 0 Å². The molecule has 0 atom stereocenters. The number of aliphatic hydroxyl groups excluding tert-OH is 1. The topological polar surface area (TPSA) is 42.4 Å². The summed E-state index contributed by atoms with van der Waals surface area (Å²) in [7, 11) is 0. The molecule has 0 aliphatic carbocycles. The van der Waals surface area contributed by atoms with Gasteiger partial charge in [-0.3, -0.25) is 0 Å². The minimum absolute atomic E-state index is 0.0232. The number of hydrogen-bond acceptors (Lipinski definition) is 3. The van der Waals surface area contributed by atoms with Crippen LogP contribution in [0, 0.1) is 0 Å². The Kier molecular flexibility index (Phi) is 3.67. The van der Waals surface area contributed by atoms with Crippen LogP contribution in [-0.2, 0) is 6.61 Å². The highest BCUT2D eigenvalue weighted by Crippen LogP contribution is 2.26. The fraction of sp³-hybridized carbons (Fsp3) is 0.0625. The Morgan fingerprint density at radius 1 is 1.00 bits per heavy atom. The average molecular weight is 330 g/mol. The minimum Gasteiger partial charge on any atom is -0.439 e. The number of ether oxygens (including phenoxy) is 1. The summed E-state index contributed by atoms with van der Waals surface area (Å²) < 4.78 is 6.78. The zero-order valence-electron chi connectivity index (χ0n) is 10.6. The smallest absolute Gasteiger partial charge is 0.219 e. The lowest BCUT2D eigenvalue weighted by molar-refractivity contribution is 0.281. The molecular formula is C16H12BrNO2. The molecule has 0 saturated carbocycles. The molecule has 0 saturated heterocycles. The van der Waals surface area contributed by atoms with Crippen molar-refractivity contribution in [3.63, 3.8) is 0 Å². The van der Waals surface area contributed by atoms with Gasteiger partial charge >= 0.3 is 0 Å². The summed E-state index contributed by atoms with van der Waals surface area (Å²) in [5.74, 6) is 1.20. The van der Waals surface area contributed by atoms with Gasteiger partial charge in [0, 0.05) is 16.7 Å². The van der Waals surface area contributed by atoms with Gasteiger partial charge in [0.25, 0.3) is 0 Å². The predicted octanol–water partition coefficient (Wildman–Crippen LogP) is 4.28. The first kappa shape index (κ1) is 13.1. The summed E-state index contributed by atoms with van der Waals surface area (Å²) in [5, 5.41) is 11.4. The number of aliphatic hydroxyl groups is 1. The lowest BCUT2D eigenvalue weighted by Crippen LogP contribution is -1.90. The van der Waals surface area contributed by atoms with Crippen LogP contribution in [0.1, 0.15) is 5.56 Å². The highest BCUT2D eigenvalue weighted by Gasteiger charge is 2.02. The van der Waals surface area contributed by atoms with E-state index in [2.05, 4.69) is 27.0 Å². The van der Waals surface area contributed by atoms with Crippen molar-refractivity contribution in [3.8, 4) is 11.6 Å². The van der Waals surface area contributed by atoms with Gasteiger partial charge in [-0.05, 0) is 46.7 Å². The number of benzene rings is 2. The Morgan fingerprint density at radius 2 is 1.80 bits per heavy atom. The highest BCUT2D eigenvalue weighted by atomic mass is 79.9. The van der Waals surface area contributed by atoms with Crippen LogP contribution in [0.2, 0.25) is 0 Å². The second kappa shape index (κ2) is 5.61. The maximum absolute atomic E-state index is 9.11. The minimum atomic E-state index is -0.0232. The molecule has 100 valence electrons. The fourth-order valence-electron chi connectivity index (χ4n) is 1.98. The molecule has 0 bridgehead atoms. The quantitative estimate of drug-likeness (QED) is 0.779. The Morgan fingerprint density at radius 3 is 2.65 bits per heavy atom. The third-order valence-electron chi connectivity index (χ3n) is 2.98. The van der Waals surface area contributed by atoms with Gasteiger partial charge in [0.15, 0.2) is 0 Å². The van der Waals surface area contributed by atoms with Gasteiger partial charge in [-0.1, -0.05) is 28.1 Å². The summed E-state index contributed by atoms with van der Waals surface area (Å²) in [6.45, 7) is -0.0232. The number of nitrogens with zero attached hydrogens (tertiary/aromatic N) is 1. The molecule has 0 aliphatic heterocycles. The molecule has 1 aromatic heterocycles. The van der Waals surface area contributed by atoms with Crippen LogP contribution in [0.5, 0.6) is 11.6 Å². The lowest BCUT2D eigenvalue weighted by Gasteiger charge is -2.07. The highest BCUT2D eigenvalue weighted by molar-refractivity contribution is 9.10. The van der Waals surface area contributed by atoms with Crippen molar-refractivity contribution in [2.45, 2.75) is 6.61 Å². The first-order chi connectivity index (χ1) is 9.74. The molecule has 3 nitrogen and oxygen atoms in total. The summed E-state index contributed by atoms with van der Waals surface area (Å²) in [5.41, 5.74) is 0.778. The van der Waals surface area contributed by atoms with Crippen molar-refractivity contribution in [2.75, 3.05) is 0 Å². The van der Waals surface area contributed by atoms with E-state index >= 15 is 0 Å². The SMILES string of the molecule is OCc1ccnc(Oc2ccc3cc(Br)ccc3c2)c1. The molecule has 0 unspecified atom stereocenters. The maximum atomic E-state index is 9.11. The van der Waals surface area contributed by atoms with Gasteiger partial charge in [-0.25, -0.2) is 4.98 Å². The van der Waals surface area contributed by atoms with Crippen LogP contribution in [0.15, 0.2) is 59.2 Å². The van der Waals surface area contributed by atoms with E-state index in [1.165, 1.54) is 0 Å². The molecule has 0 aliphatic rings. The Bertz CT molecular complexity index is 758. The number of fused-ring (bicyclic) bond motifs is 1. The van der Waals surface area contributed by atoms with E-state index in [0.717, 1.165) is 26.6 Å². The largest absolute Gasteiger partial charge is 0.439 e. The zero-order chi connectivity index (χ0) is 13.9. The molecule has 0 spiro atoms. The molecule has 1 N–H and O–H groups in total. The second-order valence-corrected chi connectivity index (χ2v) is 5.33. The third-order valence-corrected chi connectivity index (χ3v) is 3.47. The second-order valence-electron chi connectivity index (χ2n) is 4.42. The molecular weight excluding hydrogens is 318 g/mol. The standard InChI is InChI=1S/C16H12BrNO2/c17-14-3-1-13-9-15(4-2-12(13)8-14)20-16-7-11(10-19)5-6-18-16/h1-9,19H,10H2. The zero-order valence-corrected chi connectivity index (χ0v) is 12.2. The lowest BCUT2D eigenvalue weighted by atomic mass is 10.1. The van der Waals surface area contributed by atoms with Crippen molar-refractivity contribution in [2.24, 2.45) is 0 Å². The van der Waals surface area contributed by atoms with E-state index in [1.807, 2.05) is 30.3 Å². The van der Waals surface area contributed by atoms with Crippen molar-refractivity contribution in [3.05, 3.63) is 64.8 Å². The number of pyridine rings is 1. The molecule has 4 heteroatoms. The number of rotatable bonds is 3. The molecule has 3 aromatic rings. The maximum Gasteiger partial charge on any atom is 0.219 e. The van der Waals surface area contributed by atoms with E-state index in [9.17, 15) is 0 Å². The first-order valence-corrected chi connectivity index (χ1v) is 6.97. The summed E-state index contributed by atoms with van der Waals surface area (Å²) in [6.07, 6.45) is 1.62. The van der Waals surface area contributed by atoms with Crippen LogP contribution >= 0.6 is 15.9 Å². The van der Waals surface area contributed by atoms with E-state index < -0.39 is 0 Å². The fourth-order valence-corrected chi connectivity index (χ4v) is 2.36. The van der Waals surface area contributed by atoms with E-state index in [4.69, 9.17) is 9.84 Å². The van der Waals surface area contributed by atoms with Gasteiger partial charge in [0.1, 0.15) is 5.75 Å². The van der Waals surface area contributed by atoms with Crippen LogP contribution in [0.3, 0.4) is 0 Å². The molecule has 2 aromatic carbocycles. The molecule has 0 fully saturated rings. The molecule has 20 heavy (non-hydrogen) atoms. The normalized spacial score (nSPS) is 10.7. The Labute approximate surface area is 125 Å². The van der Waals surface area contributed by atoms with E-state index in [0.29, 0.717) is 5.88 Å². The number of halogens is 1. The summed E-state index contributed by atoms with van der Waals surface area (Å²) in [4.78, 5) is 4.14. The molecule has 1 heterocycles. The Balaban J connectivity index is 1.92. The van der Waals surface area contributed by atoms with Crippen LogP contribution in [-0.4, -0.2) is 10.1 Å². The summed E-state index contributed by atoms with van der Waals surface area (Å²) >= 11 is 3.46. The number of aromatic nitrogens is 1. The van der Waals surface area contributed by atoms with E-state index in [1.54, 1.807) is 18.3 Å². The Hall–Kier alpha value is -1.91. The predicted molar refractivity (Wildman–Crippen MR) is 81.9 cm³/mol. The van der Waals surface area contributed by atoms with E-state index in [-0.39, 0.29) is 6.61 Å². The van der Waals surface area contributed by atoms with Gasteiger partial charge < -0.3 is 9.84 Å². The monoisotopic (exact) mass is 329 g/mol. The van der Waals surface area contributed by atoms with Crippen molar-refractivity contribution >= 4 is 26.7 Å². The molecule has 3 rings (SSSR count). The molecule has 0 amide bonds. The van der Waals surface area contributed by atoms with Crippen molar-refractivity contribution in [1.82, 2.24) is 4.98 Å². The summed E-state index contributed by atoms with van der Waals surface area (Å²) in [6, 6.07) is 15.4. The van der Waals surface area contributed by atoms with Crippen LogP contribution in [0.25, 0.3) is 10.8 Å². The van der Waals surface area contributed by atoms with Gasteiger partial charge in [-0.15, -0.1) is 0 Å². The number of hydrogen-bond donors (Lipinski definition) is 1.